The SMILES string of the molecule is Cc1nc(Cl)nc(Nc2ccc(F)c(F)c2F)c1N. The van der Waals surface area contributed by atoms with Crippen LogP contribution in [0.4, 0.5) is 30.4 Å². The Morgan fingerprint density at radius 2 is 1.84 bits per heavy atom. The van der Waals surface area contributed by atoms with Gasteiger partial charge in [0.2, 0.25) is 5.28 Å². The van der Waals surface area contributed by atoms with Gasteiger partial charge >= 0.3 is 0 Å². The summed E-state index contributed by atoms with van der Waals surface area (Å²) in [5, 5.41) is 2.35. The summed E-state index contributed by atoms with van der Waals surface area (Å²) in [5.74, 6) is -4.22. The van der Waals surface area contributed by atoms with Gasteiger partial charge in [-0.2, -0.15) is 4.98 Å². The van der Waals surface area contributed by atoms with Gasteiger partial charge in [0.1, 0.15) is 0 Å². The number of aromatic nitrogens is 2. The number of benzene rings is 1. The van der Waals surface area contributed by atoms with E-state index >= 15 is 0 Å². The van der Waals surface area contributed by atoms with E-state index in [9.17, 15) is 13.2 Å². The second-order valence-corrected chi connectivity index (χ2v) is 4.03. The number of nitrogens with zero attached hydrogens (tertiary/aromatic N) is 2. The normalized spacial score (nSPS) is 10.6. The van der Waals surface area contributed by atoms with E-state index in [1.54, 1.807) is 6.92 Å². The van der Waals surface area contributed by atoms with E-state index in [1.807, 2.05) is 0 Å². The zero-order chi connectivity index (χ0) is 14.2. The number of aryl methyl sites for hydroxylation is 1. The van der Waals surface area contributed by atoms with E-state index in [4.69, 9.17) is 17.3 Å². The van der Waals surface area contributed by atoms with Crippen molar-refractivity contribution in [1.82, 2.24) is 9.97 Å². The molecule has 0 aliphatic carbocycles. The minimum Gasteiger partial charge on any atom is -0.394 e. The Bertz CT molecular complexity index is 648. The van der Waals surface area contributed by atoms with Gasteiger partial charge in [0.15, 0.2) is 23.3 Å². The molecule has 0 aliphatic heterocycles. The Morgan fingerprint density at radius 1 is 1.16 bits per heavy atom. The molecule has 2 aromatic rings. The van der Waals surface area contributed by atoms with Crippen molar-refractivity contribution in [2.24, 2.45) is 0 Å². The molecule has 0 fully saturated rings. The molecule has 19 heavy (non-hydrogen) atoms. The van der Waals surface area contributed by atoms with Crippen LogP contribution in [0.3, 0.4) is 0 Å². The molecule has 2 rings (SSSR count). The molecule has 0 spiro atoms. The van der Waals surface area contributed by atoms with Crippen LogP contribution in [0.5, 0.6) is 0 Å². The van der Waals surface area contributed by atoms with E-state index in [2.05, 4.69) is 15.3 Å². The lowest BCUT2D eigenvalue weighted by Gasteiger charge is -2.11. The molecule has 3 N–H and O–H groups in total. The highest BCUT2D eigenvalue weighted by molar-refractivity contribution is 6.28. The smallest absolute Gasteiger partial charge is 0.224 e. The van der Waals surface area contributed by atoms with Crippen molar-refractivity contribution >= 4 is 28.8 Å². The molecule has 0 saturated carbocycles. The van der Waals surface area contributed by atoms with Gasteiger partial charge in [0, 0.05) is 0 Å². The Labute approximate surface area is 111 Å². The van der Waals surface area contributed by atoms with E-state index in [-0.39, 0.29) is 22.5 Å². The van der Waals surface area contributed by atoms with Gasteiger partial charge in [-0.05, 0) is 30.7 Å². The molecule has 0 saturated heterocycles. The van der Waals surface area contributed by atoms with Gasteiger partial charge in [-0.1, -0.05) is 0 Å². The molecule has 1 aromatic carbocycles. The van der Waals surface area contributed by atoms with Crippen molar-refractivity contribution in [2.45, 2.75) is 6.92 Å². The van der Waals surface area contributed by atoms with Crippen LogP contribution >= 0.6 is 11.6 Å². The molecular weight excluding hydrogens is 281 g/mol. The average molecular weight is 289 g/mol. The van der Waals surface area contributed by atoms with Crippen LogP contribution in [0.2, 0.25) is 5.28 Å². The van der Waals surface area contributed by atoms with Crippen molar-refractivity contribution in [3.63, 3.8) is 0 Å². The summed E-state index contributed by atoms with van der Waals surface area (Å²) < 4.78 is 39.4. The van der Waals surface area contributed by atoms with Crippen molar-refractivity contribution in [3.8, 4) is 0 Å². The predicted octanol–water partition coefficient (Wildman–Crippen LogP) is 3.18. The highest BCUT2D eigenvalue weighted by Crippen LogP contribution is 2.27. The lowest BCUT2D eigenvalue weighted by molar-refractivity contribution is 0.449. The molecule has 0 atom stereocenters. The van der Waals surface area contributed by atoms with Crippen LogP contribution in [-0.4, -0.2) is 9.97 Å². The molecule has 0 amide bonds. The Morgan fingerprint density at radius 3 is 2.53 bits per heavy atom. The second-order valence-electron chi connectivity index (χ2n) is 3.69. The zero-order valence-corrected chi connectivity index (χ0v) is 10.4. The quantitative estimate of drug-likeness (QED) is 0.658. The van der Waals surface area contributed by atoms with Crippen LogP contribution in [0.25, 0.3) is 0 Å². The van der Waals surface area contributed by atoms with Crippen LogP contribution < -0.4 is 11.1 Å². The fourth-order valence-corrected chi connectivity index (χ4v) is 1.60. The topological polar surface area (TPSA) is 63.8 Å². The Kier molecular flexibility index (Phi) is 3.48. The number of nitrogens with two attached hydrogens (primary N) is 1. The molecule has 0 bridgehead atoms. The number of nitrogen functional groups attached to an aromatic ring is 1. The fraction of sp³-hybridized carbons (Fsp3) is 0.0909. The molecular formula is C11H8ClF3N4. The van der Waals surface area contributed by atoms with Gasteiger partial charge < -0.3 is 11.1 Å². The van der Waals surface area contributed by atoms with Crippen LogP contribution in [0.1, 0.15) is 5.69 Å². The first-order valence-corrected chi connectivity index (χ1v) is 5.48. The Balaban J connectivity index is 2.45. The number of anilines is 3. The number of hydrogen-bond acceptors (Lipinski definition) is 4. The number of halogens is 4. The molecule has 100 valence electrons. The van der Waals surface area contributed by atoms with Crippen LogP contribution in [0, 0.1) is 24.4 Å². The maximum absolute atomic E-state index is 13.5. The lowest BCUT2D eigenvalue weighted by atomic mass is 10.2. The van der Waals surface area contributed by atoms with E-state index < -0.39 is 17.5 Å². The van der Waals surface area contributed by atoms with Crippen molar-refractivity contribution in [3.05, 3.63) is 40.6 Å². The maximum atomic E-state index is 13.5. The first kappa shape index (κ1) is 13.4. The van der Waals surface area contributed by atoms with Gasteiger partial charge in [-0.3, -0.25) is 0 Å². The molecule has 1 heterocycles. The fourth-order valence-electron chi connectivity index (χ4n) is 1.39. The standard InChI is InChI=1S/C11H8ClF3N4/c1-4-9(16)10(19-11(12)17-4)18-6-3-2-5(13)7(14)8(6)15/h2-3H,16H2,1H3,(H,17,18,19). The summed E-state index contributed by atoms with van der Waals surface area (Å²) in [6.07, 6.45) is 0. The molecule has 0 aliphatic rings. The summed E-state index contributed by atoms with van der Waals surface area (Å²) in [4.78, 5) is 7.55. The third-order valence-corrected chi connectivity index (χ3v) is 2.57. The van der Waals surface area contributed by atoms with Crippen molar-refractivity contribution < 1.29 is 13.2 Å². The summed E-state index contributed by atoms with van der Waals surface area (Å²) in [5.41, 5.74) is 5.89. The van der Waals surface area contributed by atoms with Crippen molar-refractivity contribution in [1.29, 1.82) is 0 Å². The molecule has 0 radical (unpaired) electrons. The number of rotatable bonds is 2. The van der Waals surface area contributed by atoms with E-state index in [0.717, 1.165) is 12.1 Å². The van der Waals surface area contributed by atoms with E-state index in [0.29, 0.717) is 5.69 Å². The summed E-state index contributed by atoms with van der Waals surface area (Å²) >= 11 is 5.64. The van der Waals surface area contributed by atoms with Crippen molar-refractivity contribution in [2.75, 3.05) is 11.1 Å². The summed E-state index contributed by atoms with van der Waals surface area (Å²) in [6.45, 7) is 1.58. The third kappa shape index (κ3) is 2.55. The van der Waals surface area contributed by atoms with Crippen LogP contribution in [-0.2, 0) is 0 Å². The van der Waals surface area contributed by atoms with Gasteiger partial charge in [-0.25, -0.2) is 18.2 Å². The molecule has 4 nitrogen and oxygen atoms in total. The highest BCUT2D eigenvalue weighted by Gasteiger charge is 2.15. The number of nitrogens with one attached hydrogen (secondary N) is 1. The van der Waals surface area contributed by atoms with Gasteiger partial charge in [0.05, 0.1) is 17.1 Å². The summed E-state index contributed by atoms with van der Waals surface area (Å²) in [7, 11) is 0. The zero-order valence-electron chi connectivity index (χ0n) is 9.64. The molecule has 8 heteroatoms. The minimum atomic E-state index is -1.58. The van der Waals surface area contributed by atoms with Gasteiger partial charge in [-0.15, -0.1) is 0 Å². The first-order valence-electron chi connectivity index (χ1n) is 5.10. The average Bonchev–Trinajstić information content (AvgIpc) is 2.36. The largest absolute Gasteiger partial charge is 0.394 e. The first-order chi connectivity index (χ1) is 8.90. The molecule has 0 unspecified atom stereocenters. The monoisotopic (exact) mass is 288 g/mol. The summed E-state index contributed by atoms with van der Waals surface area (Å²) in [6, 6.07) is 1.81. The molecule has 1 aromatic heterocycles. The highest BCUT2D eigenvalue weighted by atomic mass is 35.5. The van der Waals surface area contributed by atoms with Gasteiger partial charge in [0.25, 0.3) is 0 Å². The predicted molar refractivity (Wildman–Crippen MR) is 65.8 cm³/mol. The van der Waals surface area contributed by atoms with Crippen LogP contribution in [0.15, 0.2) is 12.1 Å². The third-order valence-electron chi connectivity index (χ3n) is 2.40. The maximum Gasteiger partial charge on any atom is 0.224 e. The minimum absolute atomic E-state index is 0.0161. The van der Waals surface area contributed by atoms with E-state index in [1.165, 1.54) is 0 Å². The Hall–Kier alpha value is -2.02. The lowest BCUT2D eigenvalue weighted by Crippen LogP contribution is -2.06. The second kappa shape index (κ2) is 4.93. The number of hydrogen-bond donors (Lipinski definition) is 2.